The van der Waals surface area contributed by atoms with E-state index in [1.807, 2.05) is 0 Å². The molecule has 0 atom stereocenters. The highest BCUT2D eigenvalue weighted by atomic mass is 35.5. The van der Waals surface area contributed by atoms with Crippen LogP contribution >= 0.6 is 23.2 Å². The van der Waals surface area contributed by atoms with Crippen LogP contribution < -0.4 is 5.32 Å². The molecule has 0 fully saturated rings. The van der Waals surface area contributed by atoms with E-state index in [2.05, 4.69) is 5.32 Å². The molecule has 2 aromatic carbocycles. The van der Waals surface area contributed by atoms with E-state index in [1.165, 1.54) is 38.4 Å². The Bertz CT molecular complexity index is 960. The number of halogens is 2. The Morgan fingerprint density at radius 2 is 1.70 bits per heavy atom. The summed E-state index contributed by atoms with van der Waals surface area (Å²) < 4.78 is 30.0. The maximum absolute atomic E-state index is 12.0. The molecule has 7 nitrogen and oxygen atoms in total. The topological polar surface area (TPSA) is 92.8 Å². The normalized spacial score (nSPS) is 11.3. The molecule has 1 amide bonds. The zero-order chi connectivity index (χ0) is 20.2. The molecule has 0 unspecified atom stereocenters. The molecule has 0 spiro atoms. The molecule has 0 aromatic heterocycles. The van der Waals surface area contributed by atoms with Gasteiger partial charge in [-0.25, -0.2) is 17.5 Å². The SMILES string of the molecule is CN(C)S(=O)(=O)c1ccc(C(=O)OCC(=O)Nc2cccc(Cl)c2Cl)cc1. The standard InChI is InChI=1S/C17H16Cl2N2O5S/c1-21(2)27(24,25)12-8-6-11(7-9-12)17(23)26-10-15(22)20-14-5-3-4-13(18)16(14)19/h3-9H,10H2,1-2H3,(H,20,22). The molecule has 0 saturated heterocycles. The lowest BCUT2D eigenvalue weighted by molar-refractivity contribution is -0.119. The van der Waals surface area contributed by atoms with Gasteiger partial charge >= 0.3 is 5.97 Å². The third-order valence-electron chi connectivity index (χ3n) is 3.43. The second-order valence-corrected chi connectivity index (χ2v) is 8.47. The van der Waals surface area contributed by atoms with Gasteiger partial charge in [-0.05, 0) is 36.4 Å². The fraction of sp³-hybridized carbons (Fsp3) is 0.176. The van der Waals surface area contributed by atoms with Gasteiger partial charge in [0.25, 0.3) is 5.91 Å². The second kappa shape index (κ2) is 8.71. The molecule has 0 aliphatic rings. The molecule has 144 valence electrons. The minimum Gasteiger partial charge on any atom is -0.452 e. The number of hydrogen-bond acceptors (Lipinski definition) is 5. The Labute approximate surface area is 166 Å². The summed E-state index contributed by atoms with van der Waals surface area (Å²) in [6.45, 7) is -0.542. The van der Waals surface area contributed by atoms with Crippen molar-refractivity contribution in [3.8, 4) is 0 Å². The van der Waals surface area contributed by atoms with E-state index < -0.39 is 28.5 Å². The van der Waals surface area contributed by atoms with Crippen LogP contribution in [0, 0.1) is 0 Å². The van der Waals surface area contributed by atoms with Gasteiger partial charge in [-0.3, -0.25) is 4.79 Å². The number of benzene rings is 2. The van der Waals surface area contributed by atoms with Gasteiger partial charge in [0, 0.05) is 14.1 Å². The predicted molar refractivity (Wildman–Crippen MR) is 103 cm³/mol. The highest BCUT2D eigenvalue weighted by Crippen LogP contribution is 2.29. The summed E-state index contributed by atoms with van der Waals surface area (Å²) in [7, 11) is -0.783. The molecule has 0 aliphatic heterocycles. The number of hydrogen-bond donors (Lipinski definition) is 1. The molecule has 0 saturated carbocycles. The van der Waals surface area contributed by atoms with Gasteiger partial charge in [-0.1, -0.05) is 29.3 Å². The predicted octanol–water partition coefficient (Wildman–Crippen LogP) is 3.04. The van der Waals surface area contributed by atoms with E-state index in [1.54, 1.807) is 18.2 Å². The lowest BCUT2D eigenvalue weighted by Gasteiger charge is -2.11. The van der Waals surface area contributed by atoms with Gasteiger partial charge in [0.05, 0.1) is 26.2 Å². The highest BCUT2D eigenvalue weighted by Gasteiger charge is 2.18. The molecule has 2 rings (SSSR count). The average Bonchev–Trinajstić information content (AvgIpc) is 2.63. The van der Waals surface area contributed by atoms with E-state index in [0.717, 1.165) is 4.31 Å². The summed E-state index contributed by atoms with van der Waals surface area (Å²) in [4.78, 5) is 23.9. The number of rotatable bonds is 6. The van der Waals surface area contributed by atoms with Crippen LogP contribution in [0.5, 0.6) is 0 Å². The number of carbonyl (C=O) groups is 2. The van der Waals surface area contributed by atoms with Crippen molar-refractivity contribution in [2.45, 2.75) is 4.90 Å². The maximum atomic E-state index is 12.0. The zero-order valence-electron chi connectivity index (χ0n) is 14.4. The molecule has 0 radical (unpaired) electrons. The van der Waals surface area contributed by atoms with Crippen molar-refractivity contribution in [3.63, 3.8) is 0 Å². The van der Waals surface area contributed by atoms with Crippen LogP contribution in [0.4, 0.5) is 5.69 Å². The molecule has 2 aromatic rings. The van der Waals surface area contributed by atoms with Crippen molar-refractivity contribution >= 4 is 50.8 Å². The number of sulfonamides is 1. The van der Waals surface area contributed by atoms with Crippen LogP contribution in [-0.2, 0) is 19.6 Å². The monoisotopic (exact) mass is 430 g/mol. The van der Waals surface area contributed by atoms with Crippen molar-refractivity contribution in [1.29, 1.82) is 0 Å². The number of nitrogens with zero attached hydrogens (tertiary/aromatic N) is 1. The van der Waals surface area contributed by atoms with E-state index >= 15 is 0 Å². The molecule has 10 heteroatoms. The van der Waals surface area contributed by atoms with E-state index in [9.17, 15) is 18.0 Å². The van der Waals surface area contributed by atoms with E-state index in [0.29, 0.717) is 5.69 Å². The number of ether oxygens (including phenoxy) is 1. The van der Waals surface area contributed by atoms with Crippen molar-refractivity contribution in [2.24, 2.45) is 0 Å². The maximum Gasteiger partial charge on any atom is 0.338 e. The quantitative estimate of drug-likeness (QED) is 0.710. The van der Waals surface area contributed by atoms with Gasteiger partial charge < -0.3 is 10.1 Å². The number of nitrogens with one attached hydrogen (secondary N) is 1. The third-order valence-corrected chi connectivity index (χ3v) is 6.08. The van der Waals surface area contributed by atoms with Gasteiger partial charge in [-0.2, -0.15) is 0 Å². The fourth-order valence-electron chi connectivity index (χ4n) is 1.97. The average molecular weight is 431 g/mol. The number of amides is 1. The van der Waals surface area contributed by atoms with Crippen molar-refractivity contribution in [1.82, 2.24) is 4.31 Å². The Hall–Kier alpha value is -2.13. The molecule has 0 bridgehead atoms. The van der Waals surface area contributed by atoms with E-state index in [4.69, 9.17) is 27.9 Å². The first kappa shape index (κ1) is 21.2. The van der Waals surface area contributed by atoms with Crippen LogP contribution in [0.15, 0.2) is 47.4 Å². The molecular formula is C17H16Cl2N2O5S. The van der Waals surface area contributed by atoms with Crippen LogP contribution in [0.25, 0.3) is 0 Å². The molecule has 0 aliphatic carbocycles. The summed E-state index contributed by atoms with van der Waals surface area (Å²) in [5, 5.41) is 2.94. The van der Waals surface area contributed by atoms with Crippen molar-refractivity contribution < 1.29 is 22.7 Å². The molecular weight excluding hydrogens is 415 g/mol. The van der Waals surface area contributed by atoms with Crippen LogP contribution in [-0.4, -0.2) is 45.3 Å². The highest BCUT2D eigenvalue weighted by molar-refractivity contribution is 7.89. The zero-order valence-corrected chi connectivity index (χ0v) is 16.7. The van der Waals surface area contributed by atoms with Gasteiger partial charge in [0.15, 0.2) is 6.61 Å². The lowest BCUT2D eigenvalue weighted by atomic mass is 10.2. The first-order valence-electron chi connectivity index (χ1n) is 7.56. The molecule has 0 heterocycles. The Kier molecular flexibility index (Phi) is 6.83. The van der Waals surface area contributed by atoms with E-state index in [-0.39, 0.29) is 20.5 Å². The van der Waals surface area contributed by atoms with Crippen molar-refractivity contribution in [2.75, 3.05) is 26.0 Å². The summed E-state index contributed by atoms with van der Waals surface area (Å²) in [5.41, 5.74) is 0.407. The third kappa shape index (κ3) is 5.20. The first-order valence-corrected chi connectivity index (χ1v) is 9.76. The second-order valence-electron chi connectivity index (χ2n) is 5.54. The van der Waals surface area contributed by atoms with Gasteiger partial charge in [0.1, 0.15) is 0 Å². The van der Waals surface area contributed by atoms with Crippen LogP contribution in [0.1, 0.15) is 10.4 Å². The summed E-state index contributed by atoms with van der Waals surface area (Å²) >= 11 is 11.8. The molecule has 1 N–H and O–H groups in total. The Balaban J connectivity index is 1.97. The fourth-order valence-corrected chi connectivity index (χ4v) is 3.22. The minimum atomic E-state index is -3.59. The van der Waals surface area contributed by atoms with Gasteiger partial charge in [0.2, 0.25) is 10.0 Å². The number of carbonyl (C=O) groups excluding carboxylic acids is 2. The van der Waals surface area contributed by atoms with Gasteiger partial charge in [-0.15, -0.1) is 0 Å². The molecule has 27 heavy (non-hydrogen) atoms. The Morgan fingerprint density at radius 1 is 1.07 bits per heavy atom. The van der Waals surface area contributed by atoms with Crippen LogP contribution in [0.3, 0.4) is 0 Å². The Morgan fingerprint density at radius 3 is 2.30 bits per heavy atom. The first-order chi connectivity index (χ1) is 12.6. The minimum absolute atomic E-state index is 0.0393. The summed E-state index contributed by atoms with van der Waals surface area (Å²) in [6.07, 6.45) is 0. The number of anilines is 1. The summed E-state index contributed by atoms with van der Waals surface area (Å²) in [5.74, 6) is -1.37. The van der Waals surface area contributed by atoms with Crippen LogP contribution in [0.2, 0.25) is 10.0 Å². The van der Waals surface area contributed by atoms with Crippen molar-refractivity contribution in [3.05, 3.63) is 58.1 Å². The summed E-state index contributed by atoms with van der Waals surface area (Å²) in [6, 6.07) is 9.93. The largest absolute Gasteiger partial charge is 0.452 e. The number of esters is 1. The lowest BCUT2D eigenvalue weighted by Crippen LogP contribution is -2.22. The smallest absolute Gasteiger partial charge is 0.338 e.